The van der Waals surface area contributed by atoms with E-state index in [9.17, 15) is 4.79 Å². The van der Waals surface area contributed by atoms with Crippen LogP contribution in [0.15, 0.2) is 12.4 Å². The number of amides is 1. The zero-order valence-corrected chi connectivity index (χ0v) is 8.64. The number of thioether (sulfide) groups is 1. The molecular weight excluding hydrogens is 198 g/mol. The molecule has 2 N–H and O–H groups in total. The Balaban J connectivity index is 1.88. The summed E-state index contributed by atoms with van der Waals surface area (Å²) in [4.78, 5) is 11.7. The van der Waals surface area contributed by atoms with Crippen LogP contribution in [0.25, 0.3) is 0 Å². The minimum absolute atomic E-state index is 0.108. The Morgan fingerprint density at radius 1 is 1.64 bits per heavy atom. The van der Waals surface area contributed by atoms with Crippen LogP contribution in [0.1, 0.15) is 19.3 Å². The third-order valence-electron chi connectivity index (χ3n) is 2.24. The van der Waals surface area contributed by atoms with E-state index in [0.717, 1.165) is 24.3 Å². The lowest BCUT2D eigenvalue weighted by Crippen LogP contribution is -2.27. The molecule has 0 aromatic carbocycles. The number of anilines is 1. The molecule has 0 bridgehead atoms. The summed E-state index contributed by atoms with van der Waals surface area (Å²) in [7, 11) is 0. The highest BCUT2D eigenvalue weighted by Crippen LogP contribution is 2.25. The number of carbonyl (C=O) groups is 1. The monoisotopic (exact) mass is 211 g/mol. The summed E-state index contributed by atoms with van der Waals surface area (Å²) in [6, 6.07) is 0. The predicted octanol–water partition coefficient (Wildman–Crippen LogP) is 1.63. The van der Waals surface area contributed by atoms with E-state index in [-0.39, 0.29) is 11.2 Å². The van der Waals surface area contributed by atoms with E-state index < -0.39 is 0 Å². The number of carbonyl (C=O) groups excluding carboxylic acids is 1. The van der Waals surface area contributed by atoms with E-state index in [1.165, 1.54) is 6.42 Å². The van der Waals surface area contributed by atoms with Crippen molar-refractivity contribution in [3.63, 3.8) is 0 Å². The molecule has 1 aliphatic rings. The van der Waals surface area contributed by atoms with Gasteiger partial charge in [-0.3, -0.25) is 9.89 Å². The second kappa shape index (κ2) is 4.50. The van der Waals surface area contributed by atoms with Crippen LogP contribution >= 0.6 is 11.8 Å². The maximum atomic E-state index is 11.7. The Hall–Kier alpha value is -0.970. The van der Waals surface area contributed by atoms with Gasteiger partial charge < -0.3 is 5.32 Å². The molecule has 0 radical (unpaired) electrons. The number of H-pyrrole nitrogens is 1. The molecule has 1 atom stereocenters. The predicted molar refractivity (Wildman–Crippen MR) is 57.3 cm³/mol. The third kappa shape index (κ3) is 2.29. The molecule has 1 fully saturated rings. The molecule has 1 aromatic rings. The Morgan fingerprint density at radius 2 is 2.57 bits per heavy atom. The Kier molecular flexibility index (Phi) is 3.08. The summed E-state index contributed by atoms with van der Waals surface area (Å²) in [6.45, 7) is 0. The molecule has 1 saturated heterocycles. The Labute approximate surface area is 86.8 Å². The smallest absolute Gasteiger partial charge is 0.237 e. The Bertz CT molecular complexity index is 293. The van der Waals surface area contributed by atoms with Gasteiger partial charge in [-0.1, -0.05) is 6.42 Å². The van der Waals surface area contributed by atoms with Crippen LogP contribution in [0.2, 0.25) is 0 Å². The fraction of sp³-hybridized carbons (Fsp3) is 0.556. The molecular formula is C9H13N3OS. The summed E-state index contributed by atoms with van der Waals surface area (Å²) in [5.41, 5.74) is 0.751. The fourth-order valence-electron chi connectivity index (χ4n) is 1.49. The first kappa shape index (κ1) is 9.58. The topological polar surface area (TPSA) is 57.8 Å². The Morgan fingerprint density at radius 3 is 3.21 bits per heavy atom. The highest BCUT2D eigenvalue weighted by Gasteiger charge is 2.21. The van der Waals surface area contributed by atoms with Crippen LogP contribution < -0.4 is 5.32 Å². The minimum Gasteiger partial charge on any atom is -0.322 e. The summed E-state index contributed by atoms with van der Waals surface area (Å²) in [5, 5.41) is 9.40. The van der Waals surface area contributed by atoms with Gasteiger partial charge in [-0.25, -0.2) is 0 Å². The maximum Gasteiger partial charge on any atom is 0.237 e. The van der Waals surface area contributed by atoms with E-state index in [0.29, 0.717) is 0 Å². The summed E-state index contributed by atoms with van der Waals surface area (Å²) < 4.78 is 0. The van der Waals surface area contributed by atoms with E-state index in [1.54, 1.807) is 24.2 Å². The van der Waals surface area contributed by atoms with Crippen LogP contribution in [0, 0.1) is 0 Å². The molecule has 2 rings (SSSR count). The summed E-state index contributed by atoms with van der Waals surface area (Å²) in [5.74, 6) is 1.21. The number of nitrogens with zero attached hydrogens (tertiary/aromatic N) is 1. The van der Waals surface area contributed by atoms with Crippen molar-refractivity contribution in [3.8, 4) is 0 Å². The van der Waals surface area contributed by atoms with Crippen LogP contribution in [0.5, 0.6) is 0 Å². The van der Waals surface area contributed by atoms with Gasteiger partial charge in [0.05, 0.1) is 17.1 Å². The zero-order chi connectivity index (χ0) is 9.80. The summed E-state index contributed by atoms with van der Waals surface area (Å²) >= 11 is 1.75. The van der Waals surface area contributed by atoms with Crippen molar-refractivity contribution < 1.29 is 4.79 Å². The van der Waals surface area contributed by atoms with Gasteiger partial charge in [-0.15, -0.1) is 11.8 Å². The molecule has 1 aromatic heterocycles. The number of aromatic nitrogens is 2. The van der Waals surface area contributed by atoms with Crippen molar-refractivity contribution in [2.75, 3.05) is 11.1 Å². The minimum atomic E-state index is 0.108. The van der Waals surface area contributed by atoms with Crippen molar-refractivity contribution in [1.29, 1.82) is 0 Å². The molecule has 1 aliphatic heterocycles. The quantitative estimate of drug-likeness (QED) is 0.781. The van der Waals surface area contributed by atoms with Crippen molar-refractivity contribution in [2.24, 2.45) is 0 Å². The fourth-order valence-corrected chi connectivity index (χ4v) is 2.69. The second-order valence-corrected chi connectivity index (χ2v) is 4.64. The van der Waals surface area contributed by atoms with Gasteiger partial charge >= 0.3 is 0 Å². The lowest BCUT2D eigenvalue weighted by Gasteiger charge is -2.19. The molecule has 0 saturated carbocycles. The molecule has 1 amide bonds. The molecule has 0 spiro atoms. The molecule has 76 valence electrons. The van der Waals surface area contributed by atoms with Crippen molar-refractivity contribution in [2.45, 2.75) is 24.5 Å². The molecule has 4 nitrogen and oxygen atoms in total. The highest BCUT2D eigenvalue weighted by molar-refractivity contribution is 8.00. The lowest BCUT2D eigenvalue weighted by atomic mass is 10.2. The van der Waals surface area contributed by atoms with Crippen LogP contribution in [0.4, 0.5) is 5.69 Å². The third-order valence-corrected chi connectivity index (χ3v) is 3.61. The summed E-state index contributed by atoms with van der Waals surface area (Å²) in [6.07, 6.45) is 6.70. The molecule has 14 heavy (non-hydrogen) atoms. The average molecular weight is 211 g/mol. The van der Waals surface area contributed by atoms with Crippen molar-refractivity contribution in [3.05, 3.63) is 12.4 Å². The van der Waals surface area contributed by atoms with Gasteiger partial charge in [-0.2, -0.15) is 5.10 Å². The van der Waals surface area contributed by atoms with Gasteiger partial charge in [0.15, 0.2) is 0 Å². The zero-order valence-electron chi connectivity index (χ0n) is 7.82. The molecule has 0 aliphatic carbocycles. The maximum absolute atomic E-state index is 11.7. The van der Waals surface area contributed by atoms with Crippen LogP contribution in [-0.2, 0) is 4.79 Å². The number of rotatable bonds is 2. The second-order valence-electron chi connectivity index (χ2n) is 3.33. The van der Waals surface area contributed by atoms with E-state index in [4.69, 9.17) is 0 Å². The largest absolute Gasteiger partial charge is 0.322 e. The van der Waals surface area contributed by atoms with Crippen LogP contribution in [0.3, 0.4) is 0 Å². The number of hydrogen-bond acceptors (Lipinski definition) is 3. The number of nitrogens with one attached hydrogen (secondary N) is 2. The lowest BCUT2D eigenvalue weighted by molar-refractivity contribution is -0.115. The average Bonchev–Trinajstić information content (AvgIpc) is 2.72. The number of aromatic amines is 1. The standard InChI is InChI=1S/C9H13N3OS/c13-9(8-3-1-2-4-14-8)12-7-5-10-11-6-7/h5-6,8H,1-4H2,(H,10,11)(H,12,13). The number of hydrogen-bond donors (Lipinski definition) is 2. The van der Waals surface area contributed by atoms with Crippen molar-refractivity contribution in [1.82, 2.24) is 10.2 Å². The van der Waals surface area contributed by atoms with Gasteiger partial charge in [0.25, 0.3) is 0 Å². The van der Waals surface area contributed by atoms with E-state index in [2.05, 4.69) is 15.5 Å². The molecule has 5 heteroatoms. The van der Waals surface area contributed by atoms with Gasteiger partial charge in [-0.05, 0) is 18.6 Å². The van der Waals surface area contributed by atoms with Crippen LogP contribution in [-0.4, -0.2) is 27.1 Å². The van der Waals surface area contributed by atoms with Gasteiger partial charge in [0, 0.05) is 6.20 Å². The van der Waals surface area contributed by atoms with E-state index in [1.807, 2.05) is 0 Å². The van der Waals surface area contributed by atoms with Gasteiger partial charge in [0.2, 0.25) is 5.91 Å². The van der Waals surface area contributed by atoms with E-state index >= 15 is 0 Å². The van der Waals surface area contributed by atoms with Crippen molar-refractivity contribution >= 4 is 23.4 Å². The SMILES string of the molecule is O=C(Nc1cn[nH]c1)C1CCCCS1. The molecule has 2 heterocycles. The normalized spacial score (nSPS) is 21.9. The molecule has 1 unspecified atom stereocenters. The van der Waals surface area contributed by atoms with Gasteiger partial charge in [0.1, 0.15) is 0 Å². The highest BCUT2D eigenvalue weighted by atomic mass is 32.2. The first-order chi connectivity index (χ1) is 6.86. The first-order valence-corrected chi connectivity index (χ1v) is 5.82. The first-order valence-electron chi connectivity index (χ1n) is 4.77.